The molecule has 3 aromatic rings. The van der Waals surface area contributed by atoms with E-state index in [0.717, 1.165) is 22.3 Å². The van der Waals surface area contributed by atoms with Gasteiger partial charge in [-0.1, -0.05) is 24.3 Å². The molecule has 136 valence electrons. The van der Waals surface area contributed by atoms with Crippen molar-refractivity contribution >= 4 is 17.0 Å². The van der Waals surface area contributed by atoms with Crippen LogP contribution in [0.25, 0.3) is 11.0 Å². The van der Waals surface area contributed by atoms with E-state index >= 15 is 0 Å². The van der Waals surface area contributed by atoms with E-state index in [1.54, 1.807) is 4.57 Å². The topological polar surface area (TPSA) is 73.3 Å². The maximum absolute atomic E-state index is 12.0. The Morgan fingerprint density at radius 2 is 1.88 bits per heavy atom. The van der Waals surface area contributed by atoms with Crippen molar-refractivity contribution in [1.82, 2.24) is 9.55 Å². The molecule has 0 amide bonds. The smallest absolute Gasteiger partial charge is 0.326 e. The van der Waals surface area contributed by atoms with Crippen molar-refractivity contribution in [2.24, 2.45) is 0 Å². The van der Waals surface area contributed by atoms with Gasteiger partial charge in [-0.15, -0.1) is 0 Å². The number of esters is 1. The van der Waals surface area contributed by atoms with Crippen LogP contribution < -0.4 is 10.4 Å². The second kappa shape index (κ2) is 8.38. The molecule has 6 nitrogen and oxygen atoms in total. The molecule has 1 aromatic heterocycles. The Morgan fingerprint density at radius 3 is 2.65 bits per heavy atom. The molecule has 0 unspecified atom stereocenters. The Hall–Kier alpha value is -3.02. The van der Waals surface area contributed by atoms with Gasteiger partial charge in [-0.05, 0) is 43.2 Å². The fraction of sp³-hybridized carbons (Fsp3) is 0.300. The van der Waals surface area contributed by atoms with Gasteiger partial charge >= 0.3 is 11.7 Å². The summed E-state index contributed by atoms with van der Waals surface area (Å²) in [5, 5.41) is 0. The minimum Gasteiger partial charge on any atom is -0.494 e. The molecule has 3 rings (SSSR count). The number of nitrogens with zero attached hydrogens (tertiary/aromatic N) is 1. The molecule has 0 bridgehead atoms. The van der Waals surface area contributed by atoms with Gasteiger partial charge in [0.1, 0.15) is 5.75 Å². The van der Waals surface area contributed by atoms with E-state index < -0.39 is 0 Å². The number of carbonyl (C=O) groups is 1. The molecule has 0 aliphatic rings. The summed E-state index contributed by atoms with van der Waals surface area (Å²) in [4.78, 5) is 26.7. The zero-order chi connectivity index (χ0) is 18.4. The summed E-state index contributed by atoms with van der Waals surface area (Å²) in [7, 11) is 0. The molecule has 0 aliphatic heterocycles. The van der Waals surface area contributed by atoms with Crippen molar-refractivity contribution in [3.8, 4) is 5.75 Å². The van der Waals surface area contributed by atoms with Crippen LogP contribution in [0.4, 0.5) is 0 Å². The number of carbonyl (C=O) groups excluding carboxylic acids is 1. The van der Waals surface area contributed by atoms with Crippen LogP contribution in [-0.4, -0.2) is 28.7 Å². The number of aromatic amines is 1. The predicted molar refractivity (Wildman–Crippen MR) is 99.4 cm³/mol. The summed E-state index contributed by atoms with van der Waals surface area (Å²) in [6.45, 7) is 3.32. The standard InChI is InChI=1S/C20H22N2O4/c1-2-25-16-10-8-15(9-11-16)14-19(23)26-13-5-12-22-18-7-4-3-6-17(18)21-20(22)24/h3-4,6-11H,2,5,12-14H2,1H3,(H,21,24). The molecule has 0 radical (unpaired) electrons. The van der Waals surface area contributed by atoms with E-state index in [4.69, 9.17) is 9.47 Å². The minimum atomic E-state index is -0.277. The summed E-state index contributed by atoms with van der Waals surface area (Å²) in [6.07, 6.45) is 0.802. The molecule has 0 spiro atoms. The average Bonchev–Trinajstić information content (AvgIpc) is 2.96. The molecule has 0 fully saturated rings. The fourth-order valence-corrected chi connectivity index (χ4v) is 2.83. The van der Waals surface area contributed by atoms with Crippen molar-refractivity contribution in [3.63, 3.8) is 0 Å². The summed E-state index contributed by atoms with van der Waals surface area (Å²) in [6, 6.07) is 14.9. The van der Waals surface area contributed by atoms with E-state index in [0.29, 0.717) is 19.6 Å². The Labute approximate surface area is 151 Å². The number of nitrogens with one attached hydrogen (secondary N) is 1. The number of H-pyrrole nitrogens is 1. The molecule has 0 aliphatic carbocycles. The van der Waals surface area contributed by atoms with Gasteiger partial charge in [0.15, 0.2) is 0 Å². The molecule has 0 saturated carbocycles. The number of rotatable bonds is 8. The third-order valence-electron chi connectivity index (χ3n) is 4.05. The number of aryl methyl sites for hydroxylation is 1. The van der Waals surface area contributed by atoms with Crippen molar-refractivity contribution < 1.29 is 14.3 Å². The largest absolute Gasteiger partial charge is 0.494 e. The first kappa shape index (κ1) is 17.8. The van der Waals surface area contributed by atoms with Crippen LogP contribution in [0.1, 0.15) is 18.9 Å². The van der Waals surface area contributed by atoms with Gasteiger partial charge in [0.2, 0.25) is 0 Å². The lowest BCUT2D eigenvalue weighted by Crippen LogP contribution is -2.18. The average molecular weight is 354 g/mol. The Kier molecular flexibility index (Phi) is 5.73. The first-order chi connectivity index (χ1) is 12.7. The van der Waals surface area contributed by atoms with Crippen molar-refractivity contribution in [2.45, 2.75) is 26.3 Å². The highest BCUT2D eigenvalue weighted by molar-refractivity contribution is 5.75. The van der Waals surface area contributed by atoms with Crippen LogP contribution in [0.2, 0.25) is 0 Å². The maximum Gasteiger partial charge on any atom is 0.326 e. The van der Waals surface area contributed by atoms with Gasteiger partial charge < -0.3 is 14.5 Å². The van der Waals surface area contributed by atoms with Crippen LogP contribution in [0.15, 0.2) is 53.3 Å². The third kappa shape index (κ3) is 4.33. The Bertz CT molecular complexity index is 925. The van der Waals surface area contributed by atoms with Crippen LogP contribution in [-0.2, 0) is 22.5 Å². The van der Waals surface area contributed by atoms with E-state index in [-0.39, 0.29) is 24.7 Å². The van der Waals surface area contributed by atoms with Gasteiger partial charge in [-0.2, -0.15) is 0 Å². The Balaban J connectivity index is 1.46. The van der Waals surface area contributed by atoms with Crippen molar-refractivity contribution in [3.05, 3.63) is 64.6 Å². The van der Waals surface area contributed by atoms with E-state index in [9.17, 15) is 9.59 Å². The normalized spacial score (nSPS) is 10.8. The van der Waals surface area contributed by atoms with Crippen molar-refractivity contribution in [2.75, 3.05) is 13.2 Å². The van der Waals surface area contributed by atoms with Gasteiger partial charge in [0, 0.05) is 6.54 Å². The van der Waals surface area contributed by atoms with Crippen LogP contribution in [0.5, 0.6) is 5.75 Å². The van der Waals surface area contributed by atoms with E-state index in [1.165, 1.54) is 0 Å². The van der Waals surface area contributed by atoms with Gasteiger partial charge in [0.25, 0.3) is 0 Å². The first-order valence-corrected chi connectivity index (χ1v) is 8.72. The van der Waals surface area contributed by atoms with Crippen LogP contribution >= 0.6 is 0 Å². The minimum absolute atomic E-state index is 0.146. The number of imidazole rings is 1. The molecule has 2 aromatic carbocycles. The predicted octanol–water partition coefficient (Wildman–Crippen LogP) is 2.90. The van der Waals surface area contributed by atoms with Crippen LogP contribution in [0, 0.1) is 0 Å². The molecule has 1 heterocycles. The number of ether oxygens (including phenoxy) is 2. The molecule has 0 saturated heterocycles. The monoisotopic (exact) mass is 354 g/mol. The molecule has 26 heavy (non-hydrogen) atoms. The van der Waals surface area contributed by atoms with Gasteiger partial charge in [-0.3, -0.25) is 9.36 Å². The SMILES string of the molecule is CCOc1ccc(CC(=O)OCCCn2c(=O)[nH]c3ccccc32)cc1. The lowest BCUT2D eigenvalue weighted by molar-refractivity contribution is -0.142. The summed E-state index contributed by atoms with van der Waals surface area (Å²) in [5.41, 5.74) is 2.40. The molecule has 0 atom stereocenters. The highest BCUT2D eigenvalue weighted by Crippen LogP contribution is 2.13. The first-order valence-electron chi connectivity index (χ1n) is 8.72. The summed E-state index contributed by atoms with van der Waals surface area (Å²) in [5.74, 6) is 0.509. The highest BCUT2D eigenvalue weighted by atomic mass is 16.5. The quantitative estimate of drug-likeness (QED) is 0.499. The van der Waals surface area contributed by atoms with Crippen molar-refractivity contribution in [1.29, 1.82) is 0 Å². The molecular formula is C20H22N2O4. The number of para-hydroxylation sites is 2. The third-order valence-corrected chi connectivity index (χ3v) is 4.05. The summed E-state index contributed by atoms with van der Waals surface area (Å²) >= 11 is 0. The zero-order valence-electron chi connectivity index (χ0n) is 14.7. The molecular weight excluding hydrogens is 332 g/mol. The Morgan fingerprint density at radius 1 is 1.12 bits per heavy atom. The van der Waals surface area contributed by atoms with Crippen LogP contribution in [0.3, 0.4) is 0 Å². The van der Waals surface area contributed by atoms with Gasteiger partial charge in [-0.25, -0.2) is 4.79 Å². The maximum atomic E-state index is 12.0. The number of hydrogen-bond acceptors (Lipinski definition) is 4. The van der Waals surface area contributed by atoms with E-state index in [2.05, 4.69) is 4.98 Å². The zero-order valence-corrected chi connectivity index (χ0v) is 14.7. The van der Waals surface area contributed by atoms with E-state index in [1.807, 2.05) is 55.5 Å². The molecule has 1 N–H and O–H groups in total. The second-order valence-electron chi connectivity index (χ2n) is 5.93. The number of fused-ring (bicyclic) bond motifs is 1. The summed E-state index contributed by atoms with van der Waals surface area (Å²) < 4.78 is 12.3. The lowest BCUT2D eigenvalue weighted by atomic mass is 10.1. The second-order valence-corrected chi connectivity index (χ2v) is 5.93. The lowest BCUT2D eigenvalue weighted by Gasteiger charge is -2.07. The van der Waals surface area contributed by atoms with Gasteiger partial charge in [0.05, 0.1) is 30.7 Å². The number of benzene rings is 2. The highest BCUT2D eigenvalue weighted by Gasteiger charge is 2.08. The number of aromatic nitrogens is 2. The molecule has 6 heteroatoms. The number of hydrogen-bond donors (Lipinski definition) is 1. The fourth-order valence-electron chi connectivity index (χ4n) is 2.83.